The van der Waals surface area contributed by atoms with Gasteiger partial charge in [-0.2, -0.15) is 0 Å². The van der Waals surface area contributed by atoms with Crippen LogP contribution >= 0.6 is 11.6 Å². The third-order valence-corrected chi connectivity index (χ3v) is 5.66. The molecule has 0 spiro atoms. The Bertz CT molecular complexity index is 893. The molecule has 3 aromatic carbocycles. The Balaban J connectivity index is 2.18. The summed E-state index contributed by atoms with van der Waals surface area (Å²) in [4.78, 5) is 0. The average Bonchev–Trinajstić information content (AvgIpc) is 2.59. The lowest BCUT2D eigenvalue weighted by atomic mass is 9.59. The van der Waals surface area contributed by atoms with Crippen LogP contribution in [0.5, 0.6) is 0 Å². The molecule has 0 bridgehead atoms. The molecular formula is C18H18B5Cl. The van der Waals surface area contributed by atoms with E-state index < -0.39 is 0 Å². The van der Waals surface area contributed by atoms with E-state index in [1.54, 1.807) is 0 Å². The van der Waals surface area contributed by atoms with Gasteiger partial charge in [-0.1, -0.05) is 65.0 Å². The monoisotopic (exact) mass is 324 g/mol. The van der Waals surface area contributed by atoms with E-state index in [-0.39, 0.29) is 0 Å². The predicted octanol–water partition coefficient (Wildman–Crippen LogP) is -3.03. The van der Waals surface area contributed by atoms with Gasteiger partial charge < -0.3 is 0 Å². The fourth-order valence-corrected chi connectivity index (χ4v) is 3.75. The number of hydrogen-bond donors (Lipinski definition) is 0. The highest BCUT2D eigenvalue weighted by Crippen LogP contribution is 2.31. The molecule has 0 N–H and O–H groups in total. The average molecular weight is 324 g/mol. The second kappa shape index (κ2) is 6.65. The van der Waals surface area contributed by atoms with E-state index >= 15 is 0 Å². The molecule has 0 aliphatic rings. The molecule has 0 amide bonds. The van der Waals surface area contributed by atoms with Gasteiger partial charge in [0.05, 0.1) is 0 Å². The van der Waals surface area contributed by atoms with Gasteiger partial charge in [0.25, 0.3) is 0 Å². The number of rotatable bonds is 2. The molecule has 0 aliphatic carbocycles. The van der Waals surface area contributed by atoms with Crippen LogP contribution in [0.2, 0.25) is 5.02 Å². The van der Waals surface area contributed by atoms with Gasteiger partial charge in [0.15, 0.2) is 0 Å². The molecule has 0 aromatic heterocycles. The lowest BCUT2D eigenvalue weighted by molar-refractivity contribution is 1.61. The van der Waals surface area contributed by atoms with Crippen molar-refractivity contribution in [3.8, 4) is 22.3 Å². The molecule has 3 aromatic rings. The minimum absolute atomic E-state index is 0.799. The molecule has 0 aliphatic heterocycles. The largest absolute Gasteiger partial charge is 0.139 e. The molecule has 0 unspecified atom stereocenters. The number of hydrogen-bond acceptors (Lipinski definition) is 0. The zero-order valence-corrected chi connectivity index (χ0v) is 15.8. The Morgan fingerprint density at radius 2 is 1.12 bits per heavy atom. The number of benzene rings is 3. The molecular weight excluding hydrogens is 306 g/mol. The van der Waals surface area contributed by atoms with Gasteiger partial charge in [0.2, 0.25) is 0 Å². The topological polar surface area (TPSA) is 0 Å². The third-order valence-electron chi connectivity index (χ3n) is 5.34. The highest BCUT2D eigenvalue weighted by molar-refractivity contribution is 6.68. The van der Waals surface area contributed by atoms with Crippen LogP contribution in [-0.2, 0) is 0 Å². The van der Waals surface area contributed by atoms with Gasteiger partial charge in [-0.3, -0.25) is 0 Å². The van der Waals surface area contributed by atoms with Crippen LogP contribution in [0.1, 0.15) is 0 Å². The van der Waals surface area contributed by atoms with Gasteiger partial charge in [-0.25, -0.2) is 0 Å². The maximum atomic E-state index is 6.63. The first kappa shape index (κ1) is 17.1. The summed E-state index contributed by atoms with van der Waals surface area (Å²) in [7, 11) is 11.0. The molecule has 3 rings (SSSR count). The van der Waals surface area contributed by atoms with E-state index in [0.717, 1.165) is 16.1 Å². The standard InChI is InChI=1S/C18H18B5Cl/c19-14-13(15(20)17(22)18(23)16(14)21)10-6-7-11(12(24)8-10)9-4-2-1-3-5-9/h1-8H,19-23H2. The minimum Gasteiger partial charge on any atom is -0.102 e. The van der Waals surface area contributed by atoms with Gasteiger partial charge >= 0.3 is 0 Å². The van der Waals surface area contributed by atoms with Crippen LogP contribution in [0.15, 0.2) is 48.5 Å². The van der Waals surface area contributed by atoms with Crippen LogP contribution in [0.3, 0.4) is 0 Å². The van der Waals surface area contributed by atoms with Crippen molar-refractivity contribution in [3.63, 3.8) is 0 Å². The van der Waals surface area contributed by atoms with Crippen LogP contribution in [0.4, 0.5) is 0 Å². The van der Waals surface area contributed by atoms with Crippen molar-refractivity contribution in [1.29, 1.82) is 0 Å². The Hall–Kier alpha value is -1.73. The SMILES string of the molecule is Bc1c(B)c(B)c(-c2ccc(-c3ccccc3)c(Cl)c2)c(B)c1B. The second-order valence-electron chi connectivity index (χ2n) is 6.56. The highest BCUT2D eigenvalue weighted by atomic mass is 35.5. The van der Waals surface area contributed by atoms with Crippen LogP contribution < -0.4 is 27.3 Å². The summed E-state index contributed by atoms with van der Waals surface area (Å²) in [6, 6.07) is 16.7. The predicted molar refractivity (Wildman–Crippen MR) is 123 cm³/mol. The van der Waals surface area contributed by atoms with Gasteiger partial charge in [-0.05, 0) is 22.8 Å². The molecule has 0 radical (unpaired) electrons. The van der Waals surface area contributed by atoms with Gasteiger partial charge in [0.1, 0.15) is 39.2 Å². The minimum atomic E-state index is 0.799. The second-order valence-corrected chi connectivity index (χ2v) is 6.97. The fraction of sp³-hybridized carbons (Fsp3) is 0. The van der Waals surface area contributed by atoms with Crippen LogP contribution in [-0.4, -0.2) is 39.2 Å². The quantitative estimate of drug-likeness (QED) is 0.440. The van der Waals surface area contributed by atoms with Crippen molar-refractivity contribution in [3.05, 3.63) is 53.6 Å². The summed E-state index contributed by atoms with van der Waals surface area (Å²) in [6.07, 6.45) is 0. The van der Waals surface area contributed by atoms with Gasteiger partial charge in [0, 0.05) is 10.6 Å². The first-order chi connectivity index (χ1) is 11.4. The van der Waals surface area contributed by atoms with E-state index in [4.69, 9.17) is 11.6 Å². The summed E-state index contributed by atoms with van der Waals surface area (Å²) >= 11 is 6.63. The zero-order valence-electron chi connectivity index (χ0n) is 15.0. The molecule has 0 atom stereocenters. The van der Waals surface area contributed by atoms with E-state index in [0.29, 0.717) is 0 Å². The van der Waals surface area contributed by atoms with Crippen molar-refractivity contribution in [1.82, 2.24) is 0 Å². The van der Waals surface area contributed by atoms with Crippen LogP contribution in [0.25, 0.3) is 22.3 Å². The lowest BCUT2D eigenvalue weighted by Crippen LogP contribution is -2.55. The normalized spacial score (nSPS) is 10.7. The molecule has 0 saturated heterocycles. The van der Waals surface area contributed by atoms with E-state index in [1.165, 1.54) is 38.4 Å². The summed E-state index contributed by atoms with van der Waals surface area (Å²) < 4.78 is 0. The van der Waals surface area contributed by atoms with Crippen LogP contribution in [0, 0.1) is 0 Å². The maximum Gasteiger partial charge on any atom is 0.139 e. The van der Waals surface area contributed by atoms with Crippen molar-refractivity contribution in [2.45, 2.75) is 0 Å². The molecule has 6 heteroatoms. The molecule has 0 heterocycles. The third kappa shape index (κ3) is 2.86. The van der Waals surface area contributed by atoms with E-state index in [9.17, 15) is 0 Å². The van der Waals surface area contributed by atoms with Crippen molar-refractivity contribution < 1.29 is 0 Å². The molecule has 0 fully saturated rings. The molecule has 0 nitrogen and oxygen atoms in total. The molecule has 24 heavy (non-hydrogen) atoms. The Morgan fingerprint density at radius 3 is 1.67 bits per heavy atom. The highest BCUT2D eigenvalue weighted by Gasteiger charge is 2.14. The van der Waals surface area contributed by atoms with Crippen molar-refractivity contribution in [2.24, 2.45) is 0 Å². The van der Waals surface area contributed by atoms with E-state index in [1.807, 2.05) is 18.2 Å². The van der Waals surface area contributed by atoms with Gasteiger partial charge in [-0.15, -0.1) is 16.4 Å². The Kier molecular flexibility index (Phi) is 4.74. The van der Waals surface area contributed by atoms with Crippen molar-refractivity contribution >= 4 is 78.1 Å². The summed E-state index contributed by atoms with van der Waals surface area (Å²) in [5.41, 5.74) is 11.6. The first-order valence-corrected chi connectivity index (χ1v) is 8.72. The molecule has 112 valence electrons. The van der Waals surface area contributed by atoms with Crippen molar-refractivity contribution in [2.75, 3.05) is 0 Å². The maximum absolute atomic E-state index is 6.63. The lowest BCUT2D eigenvalue weighted by Gasteiger charge is -2.21. The smallest absolute Gasteiger partial charge is 0.102 e. The first-order valence-electron chi connectivity index (χ1n) is 8.34. The Morgan fingerprint density at radius 1 is 0.583 bits per heavy atom. The zero-order chi connectivity index (χ0) is 17.4. The molecule has 0 saturated carbocycles. The fourth-order valence-electron chi connectivity index (χ4n) is 3.46. The summed E-state index contributed by atoms with van der Waals surface area (Å²) in [5, 5.41) is 0.799. The Labute approximate surface area is 154 Å². The summed E-state index contributed by atoms with van der Waals surface area (Å²) in [6.45, 7) is 0. The summed E-state index contributed by atoms with van der Waals surface area (Å²) in [5.74, 6) is 0. The number of halogens is 1. The van der Waals surface area contributed by atoms with E-state index in [2.05, 4.69) is 69.6 Å².